The molecule has 2 N–H and O–H groups in total. The fourth-order valence-corrected chi connectivity index (χ4v) is 2.43. The Morgan fingerprint density at radius 2 is 1.68 bits per heavy atom. The van der Waals surface area contributed by atoms with E-state index in [0.717, 1.165) is 11.3 Å². The van der Waals surface area contributed by atoms with Crippen LogP contribution in [-0.2, 0) is 0 Å². The molecule has 2 aromatic carbocycles. The van der Waals surface area contributed by atoms with Crippen molar-refractivity contribution in [3.63, 3.8) is 0 Å². The molecule has 1 unspecified atom stereocenters. The number of alkyl halides is 3. The number of rotatable bonds is 6. The third-order valence-electron chi connectivity index (χ3n) is 3.39. The Morgan fingerprint density at radius 3 is 2.20 bits per heavy atom. The molecule has 0 saturated carbocycles. The molecule has 1 amide bonds. The average molecular weight is 402 g/mol. The molecule has 2 rings (SSSR count). The lowest BCUT2D eigenvalue weighted by molar-refractivity contribution is 0.0942. The highest BCUT2D eigenvalue weighted by Crippen LogP contribution is 2.31. The Balaban J connectivity index is 2.10. The first kappa shape index (κ1) is 19.7. The minimum Gasteiger partial charge on any atom is -0.494 e. The summed E-state index contributed by atoms with van der Waals surface area (Å²) in [6.07, 6.45) is -0.913. The van der Waals surface area contributed by atoms with Crippen molar-refractivity contribution in [1.29, 1.82) is 0 Å². The van der Waals surface area contributed by atoms with E-state index in [9.17, 15) is 4.79 Å². The molecule has 0 heterocycles. The number of amides is 1. The van der Waals surface area contributed by atoms with E-state index in [1.165, 1.54) is 0 Å². The molecule has 2 aromatic rings. The first-order valence-electron chi connectivity index (χ1n) is 7.73. The van der Waals surface area contributed by atoms with E-state index in [0.29, 0.717) is 17.9 Å². The van der Waals surface area contributed by atoms with Gasteiger partial charge in [0.25, 0.3) is 5.91 Å². The summed E-state index contributed by atoms with van der Waals surface area (Å²) in [7, 11) is 0. The van der Waals surface area contributed by atoms with Crippen molar-refractivity contribution in [1.82, 2.24) is 5.32 Å². The standard InChI is InChI=1S/C18H19Cl3N2O2/c1-3-25-15-10-8-14(9-11-15)22-17(18(19,20)21)23-16(24)13-6-4-12(2)5-7-13/h4-11,17,22H,3H2,1-2H3,(H,23,24). The van der Waals surface area contributed by atoms with Crippen molar-refractivity contribution in [2.24, 2.45) is 0 Å². The van der Waals surface area contributed by atoms with E-state index in [1.807, 2.05) is 26.0 Å². The molecule has 0 saturated heterocycles. The highest BCUT2D eigenvalue weighted by atomic mass is 35.6. The van der Waals surface area contributed by atoms with E-state index < -0.39 is 9.96 Å². The monoisotopic (exact) mass is 400 g/mol. The minimum atomic E-state index is -1.74. The van der Waals surface area contributed by atoms with Crippen molar-refractivity contribution in [2.75, 3.05) is 11.9 Å². The third kappa shape index (κ3) is 5.99. The zero-order chi connectivity index (χ0) is 18.4. The van der Waals surface area contributed by atoms with Crippen LogP contribution in [0, 0.1) is 6.92 Å². The molecule has 0 bridgehead atoms. The zero-order valence-corrected chi connectivity index (χ0v) is 16.1. The van der Waals surface area contributed by atoms with Gasteiger partial charge in [0.05, 0.1) is 6.61 Å². The second kappa shape index (κ2) is 8.65. The van der Waals surface area contributed by atoms with Gasteiger partial charge < -0.3 is 15.4 Å². The van der Waals surface area contributed by atoms with Crippen molar-refractivity contribution >= 4 is 46.4 Å². The summed E-state index contributed by atoms with van der Waals surface area (Å²) < 4.78 is 3.65. The summed E-state index contributed by atoms with van der Waals surface area (Å²) in [5, 5.41) is 5.72. The maximum Gasteiger partial charge on any atom is 0.252 e. The van der Waals surface area contributed by atoms with Gasteiger partial charge >= 0.3 is 0 Å². The number of halogens is 3. The van der Waals surface area contributed by atoms with Crippen LogP contribution >= 0.6 is 34.8 Å². The molecular weight excluding hydrogens is 383 g/mol. The molecule has 7 heteroatoms. The van der Waals surface area contributed by atoms with Gasteiger partial charge in [-0.05, 0) is 50.2 Å². The minimum absolute atomic E-state index is 0.338. The van der Waals surface area contributed by atoms with E-state index in [2.05, 4.69) is 10.6 Å². The SMILES string of the molecule is CCOc1ccc(NC(NC(=O)c2ccc(C)cc2)C(Cl)(Cl)Cl)cc1. The lowest BCUT2D eigenvalue weighted by atomic mass is 10.1. The molecule has 0 aliphatic rings. The molecule has 25 heavy (non-hydrogen) atoms. The molecule has 0 aliphatic carbocycles. The van der Waals surface area contributed by atoms with Crippen molar-refractivity contribution in [3.05, 3.63) is 59.7 Å². The lowest BCUT2D eigenvalue weighted by Crippen LogP contribution is -2.49. The van der Waals surface area contributed by atoms with Gasteiger partial charge in [0, 0.05) is 11.3 Å². The van der Waals surface area contributed by atoms with Gasteiger partial charge in [-0.25, -0.2) is 0 Å². The second-order valence-corrected chi connectivity index (χ2v) is 7.78. The molecular formula is C18H19Cl3N2O2. The molecule has 0 aliphatic heterocycles. The van der Waals surface area contributed by atoms with Crippen molar-refractivity contribution < 1.29 is 9.53 Å². The number of benzene rings is 2. The van der Waals surface area contributed by atoms with Crippen LogP contribution in [0.1, 0.15) is 22.8 Å². The Labute approximate surface area is 162 Å². The number of aryl methyl sites for hydroxylation is 1. The van der Waals surface area contributed by atoms with Crippen LogP contribution in [0.25, 0.3) is 0 Å². The topological polar surface area (TPSA) is 50.4 Å². The maximum atomic E-state index is 12.4. The number of anilines is 1. The van der Waals surface area contributed by atoms with Gasteiger partial charge in [-0.3, -0.25) is 4.79 Å². The zero-order valence-electron chi connectivity index (χ0n) is 13.9. The molecule has 0 aromatic heterocycles. The first-order valence-corrected chi connectivity index (χ1v) is 8.86. The van der Waals surface area contributed by atoms with E-state index in [-0.39, 0.29) is 5.91 Å². The van der Waals surface area contributed by atoms with Gasteiger partial charge in [-0.2, -0.15) is 0 Å². The van der Waals surface area contributed by atoms with Gasteiger partial charge in [-0.1, -0.05) is 52.5 Å². The van der Waals surface area contributed by atoms with Crippen molar-refractivity contribution in [3.8, 4) is 5.75 Å². The summed E-state index contributed by atoms with van der Waals surface area (Å²) in [4.78, 5) is 12.4. The van der Waals surface area contributed by atoms with Crippen LogP contribution in [0.2, 0.25) is 0 Å². The highest BCUT2D eigenvalue weighted by molar-refractivity contribution is 6.68. The number of nitrogens with one attached hydrogen (secondary N) is 2. The lowest BCUT2D eigenvalue weighted by Gasteiger charge is -2.27. The number of carbonyl (C=O) groups is 1. The first-order chi connectivity index (χ1) is 11.8. The fourth-order valence-electron chi connectivity index (χ4n) is 2.10. The molecule has 4 nitrogen and oxygen atoms in total. The predicted molar refractivity (Wildman–Crippen MR) is 104 cm³/mol. The summed E-state index contributed by atoms with van der Waals surface area (Å²) >= 11 is 18.0. The number of hydrogen-bond acceptors (Lipinski definition) is 3. The Kier molecular flexibility index (Phi) is 6.82. The van der Waals surface area contributed by atoms with Crippen molar-refractivity contribution in [2.45, 2.75) is 23.8 Å². The Hall–Kier alpha value is -1.62. The van der Waals surface area contributed by atoms with Gasteiger partial charge in [0.15, 0.2) is 0 Å². The average Bonchev–Trinajstić information content (AvgIpc) is 2.56. The number of hydrogen-bond donors (Lipinski definition) is 2. The molecule has 1 atom stereocenters. The molecule has 0 spiro atoms. The van der Waals surface area contributed by atoms with Gasteiger partial charge in [-0.15, -0.1) is 0 Å². The van der Waals surface area contributed by atoms with E-state index in [4.69, 9.17) is 39.5 Å². The smallest absolute Gasteiger partial charge is 0.252 e. The summed E-state index contributed by atoms with van der Waals surface area (Å²) in [5.74, 6) is 0.400. The van der Waals surface area contributed by atoms with Crippen LogP contribution in [0.3, 0.4) is 0 Å². The molecule has 0 fully saturated rings. The predicted octanol–water partition coefficient (Wildman–Crippen LogP) is 4.93. The maximum absolute atomic E-state index is 12.4. The van der Waals surface area contributed by atoms with Crippen LogP contribution in [0.5, 0.6) is 5.75 Å². The third-order valence-corrected chi connectivity index (χ3v) is 4.05. The van der Waals surface area contributed by atoms with Crippen LogP contribution in [-0.4, -0.2) is 22.5 Å². The Bertz CT molecular complexity index is 698. The van der Waals surface area contributed by atoms with E-state index >= 15 is 0 Å². The van der Waals surface area contributed by atoms with Crippen LogP contribution < -0.4 is 15.4 Å². The second-order valence-electron chi connectivity index (χ2n) is 5.42. The van der Waals surface area contributed by atoms with Gasteiger partial charge in [0.1, 0.15) is 11.9 Å². The van der Waals surface area contributed by atoms with Crippen LogP contribution in [0.15, 0.2) is 48.5 Å². The quantitative estimate of drug-likeness (QED) is 0.533. The molecule has 0 radical (unpaired) electrons. The van der Waals surface area contributed by atoms with Gasteiger partial charge in [0.2, 0.25) is 3.79 Å². The van der Waals surface area contributed by atoms with Crippen LogP contribution in [0.4, 0.5) is 5.69 Å². The molecule has 134 valence electrons. The summed E-state index contributed by atoms with van der Waals surface area (Å²) in [5.41, 5.74) is 2.23. The highest BCUT2D eigenvalue weighted by Gasteiger charge is 2.34. The summed E-state index contributed by atoms with van der Waals surface area (Å²) in [6, 6.07) is 14.3. The summed E-state index contributed by atoms with van der Waals surface area (Å²) in [6.45, 7) is 4.43. The van der Waals surface area contributed by atoms with E-state index in [1.54, 1.807) is 36.4 Å². The largest absolute Gasteiger partial charge is 0.494 e. The number of ether oxygens (including phenoxy) is 1. The normalized spacial score (nSPS) is 12.4. The fraction of sp³-hybridized carbons (Fsp3) is 0.278. The Morgan fingerprint density at radius 1 is 1.08 bits per heavy atom. The number of carbonyl (C=O) groups excluding carboxylic acids is 1.